The zero-order valence-corrected chi connectivity index (χ0v) is 8.74. The summed E-state index contributed by atoms with van der Waals surface area (Å²) < 4.78 is 5.62. The second kappa shape index (κ2) is 3.57. The van der Waals surface area contributed by atoms with Crippen molar-refractivity contribution in [1.82, 2.24) is 4.90 Å². The first-order valence-electron chi connectivity index (χ1n) is 5.44. The molecule has 1 N–H and O–H groups in total. The van der Waals surface area contributed by atoms with Crippen LogP contribution in [0.4, 0.5) is 0 Å². The second-order valence-electron chi connectivity index (χ2n) is 4.25. The average molecular weight is 219 g/mol. The number of hydrogen-bond acceptors (Lipinski definition) is 3. The summed E-state index contributed by atoms with van der Waals surface area (Å²) in [5, 5.41) is 9.52. The van der Waals surface area contributed by atoms with E-state index in [9.17, 15) is 9.90 Å². The third-order valence-corrected chi connectivity index (χ3v) is 3.21. The molecular formula is C12H13NO3. The van der Waals surface area contributed by atoms with Crippen LogP contribution in [0.3, 0.4) is 0 Å². The van der Waals surface area contributed by atoms with E-state index in [1.165, 1.54) is 0 Å². The van der Waals surface area contributed by atoms with Crippen LogP contribution in [0.5, 0.6) is 0 Å². The van der Waals surface area contributed by atoms with E-state index in [1.54, 1.807) is 4.90 Å². The number of hydrogen-bond donors (Lipinski definition) is 1. The Morgan fingerprint density at radius 1 is 1.31 bits per heavy atom. The van der Waals surface area contributed by atoms with Crippen LogP contribution in [0.1, 0.15) is 18.2 Å². The summed E-state index contributed by atoms with van der Waals surface area (Å²) >= 11 is 0. The van der Waals surface area contributed by atoms with E-state index in [1.807, 2.05) is 30.3 Å². The lowest BCUT2D eigenvalue weighted by Gasteiger charge is -2.22. The van der Waals surface area contributed by atoms with Gasteiger partial charge in [-0.25, -0.2) is 0 Å². The number of carbonyl (C=O) groups is 1. The fraction of sp³-hybridized carbons (Fsp3) is 0.417. The molecule has 0 aliphatic carbocycles. The number of rotatable bonds is 1. The topological polar surface area (TPSA) is 49.8 Å². The van der Waals surface area contributed by atoms with Gasteiger partial charge in [-0.1, -0.05) is 30.3 Å². The van der Waals surface area contributed by atoms with Crippen molar-refractivity contribution < 1.29 is 14.6 Å². The minimum absolute atomic E-state index is 0.0349. The van der Waals surface area contributed by atoms with E-state index in [0.717, 1.165) is 5.56 Å². The largest absolute Gasteiger partial charge is 0.383 e. The van der Waals surface area contributed by atoms with Gasteiger partial charge in [-0.3, -0.25) is 4.79 Å². The maximum Gasteiger partial charge on any atom is 0.254 e. The van der Waals surface area contributed by atoms with Crippen LogP contribution in [0.15, 0.2) is 30.3 Å². The molecule has 4 heteroatoms. The van der Waals surface area contributed by atoms with Gasteiger partial charge in [-0.2, -0.15) is 0 Å². The average Bonchev–Trinajstić information content (AvgIpc) is 2.83. The maximum absolute atomic E-state index is 11.8. The minimum Gasteiger partial charge on any atom is -0.383 e. The number of ether oxygens (including phenoxy) is 1. The molecule has 0 bridgehead atoms. The van der Waals surface area contributed by atoms with E-state index in [0.29, 0.717) is 13.0 Å². The smallest absolute Gasteiger partial charge is 0.254 e. The van der Waals surface area contributed by atoms with Crippen molar-refractivity contribution in [2.24, 2.45) is 0 Å². The van der Waals surface area contributed by atoms with E-state index in [4.69, 9.17) is 4.74 Å². The van der Waals surface area contributed by atoms with Crippen molar-refractivity contribution >= 4 is 5.91 Å². The van der Waals surface area contributed by atoms with Gasteiger partial charge in [0.2, 0.25) is 0 Å². The molecule has 84 valence electrons. The number of benzene rings is 1. The number of nitrogens with zero attached hydrogens (tertiary/aromatic N) is 1. The highest BCUT2D eigenvalue weighted by Gasteiger charge is 2.47. The van der Waals surface area contributed by atoms with Gasteiger partial charge < -0.3 is 14.7 Å². The molecule has 0 radical (unpaired) electrons. The van der Waals surface area contributed by atoms with Crippen molar-refractivity contribution in [3.8, 4) is 0 Å². The summed E-state index contributed by atoms with van der Waals surface area (Å²) in [5.74, 6) is -0.212. The molecule has 3 atom stereocenters. The predicted octanol–water partition coefficient (Wildman–Crippen LogP) is 0.677. The second-order valence-corrected chi connectivity index (χ2v) is 4.25. The van der Waals surface area contributed by atoms with Gasteiger partial charge in [0, 0.05) is 12.0 Å². The van der Waals surface area contributed by atoms with Crippen LogP contribution in [-0.4, -0.2) is 34.7 Å². The van der Waals surface area contributed by atoms with Gasteiger partial charge in [0.25, 0.3) is 5.91 Å². The maximum atomic E-state index is 11.8. The quantitative estimate of drug-likeness (QED) is 0.755. The molecule has 0 aromatic heterocycles. The van der Waals surface area contributed by atoms with Crippen molar-refractivity contribution in [3.63, 3.8) is 0 Å². The molecule has 1 amide bonds. The fourth-order valence-electron chi connectivity index (χ4n) is 2.44. The van der Waals surface area contributed by atoms with Gasteiger partial charge in [0.05, 0.1) is 12.6 Å². The normalized spacial score (nSPS) is 33.2. The summed E-state index contributed by atoms with van der Waals surface area (Å²) in [6, 6.07) is 9.67. The first kappa shape index (κ1) is 9.81. The minimum atomic E-state index is -0.847. The van der Waals surface area contributed by atoms with Crippen LogP contribution < -0.4 is 0 Å². The number of amides is 1. The molecule has 2 aliphatic rings. The monoisotopic (exact) mass is 219 g/mol. The first-order valence-corrected chi connectivity index (χ1v) is 5.44. The van der Waals surface area contributed by atoms with Gasteiger partial charge in [0.1, 0.15) is 6.10 Å². The van der Waals surface area contributed by atoms with Crippen molar-refractivity contribution in [2.45, 2.75) is 24.8 Å². The van der Waals surface area contributed by atoms with Crippen molar-refractivity contribution in [1.29, 1.82) is 0 Å². The Morgan fingerprint density at radius 3 is 2.81 bits per heavy atom. The Kier molecular flexibility index (Phi) is 2.19. The van der Waals surface area contributed by atoms with E-state index in [-0.39, 0.29) is 18.2 Å². The fourth-order valence-corrected chi connectivity index (χ4v) is 2.44. The van der Waals surface area contributed by atoms with E-state index < -0.39 is 6.10 Å². The molecule has 0 spiro atoms. The number of aliphatic hydroxyl groups is 1. The molecular weight excluding hydrogens is 206 g/mol. The Morgan fingerprint density at radius 2 is 2.06 bits per heavy atom. The number of carbonyl (C=O) groups excluding carboxylic acids is 1. The zero-order valence-electron chi connectivity index (χ0n) is 8.74. The summed E-state index contributed by atoms with van der Waals surface area (Å²) in [4.78, 5) is 13.4. The van der Waals surface area contributed by atoms with Crippen LogP contribution in [0.2, 0.25) is 0 Å². The molecule has 2 heterocycles. The van der Waals surface area contributed by atoms with E-state index in [2.05, 4.69) is 0 Å². The lowest BCUT2D eigenvalue weighted by molar-refractivity contribution is -0.140. The van der Waals surface area contributed by atoms with Crippen molar-refractivity contribution in [2.75, 3.05) is 6.61 Å². The third kappa shape index (κ3) is 1.34. The van der Waals surface area contributed by atoms with Crippen molar-refractivity contribution in [3.05, 3.63) is 35.9 Å². The van der Waals surface area contributed by atoms with E-state index >= 15 is 0 Å². The Hall–Kier alpha value is -1.39. The molecule has 1 aromatic carbocycles. The molecule has 16 heavy (non-hydrogen) atoms. The molecule has 2 fully saturated rings. The predicted molar refractivity (Wildman–Crippen MR) is 56.4 cm³/mol. The zero-order chi connectivity index (χ0) is 11.1. The Labute approximate surface area is 93.4 Å². The van der Waals surface area contributed by atoms with Crippen LogP contribution >= 0.6 is 0 Å². The van der Waals surface area contributed by atoms with Gasteiger partial charge in [-0.15, -0.1) is 0 Å². The molecule has 2 saturated heterocycles. The van der Waals surface area contributed by atoms with Gasteiger partial charge >= 0.3 is 0 Å². The highest BCUT2D eigenvalue weighted by Crippen LogP contribution is 2.37. The first-order chi connectivity index (χ1) is 7.77. The van der Waals surface area contributed by atoms with Gasteiger partial charge in [-0.05, 0) is 0 Å². The molecule has 4 nitrogen and oxygen atoms in total. The Bertz CT molecular complexity index is 406. The van der Waals surface area contributed by atoms with Crippen LogP contribution in [0, 0.1) is 0 Å². The highest BCUT2D eigenvalue weighted by atomic mass is 16.5. The lowest BCUT2D eigenvalue weighted by Crippen LogP contribution is -2.33. The summed E-state index contributed by atoms with van der Waals surface area (Å²) in [6.07, 6.45) is -0.682. The van der Waals surface area contributed by atoms with Gasteiger partial charge in [0.15, 0.2) is 6.23 Å². The summed E-state index contributed by atoms with van der Waals surface area (Å²) in [5.41, 5.74) is 0.965. The van der Waals surface area contributed by atoms with Crippen LogP contribution in [0.25, 0.3) is 0 Å². The lowest BCUT2D eigenvalue weighted by atomic mass is 10.2. The molecule has 3 rings (SSSR count). The molecule has 2 aliphatic heterocycles. The molecule has 0 unspecified atom stereocenters. The highest BCUT2D eigenvalue weighted by molar-refractivity contribution is 5.84. The summed E-state index contributed by atoms with van der Waals surface area (Å²) in [7, 11) is 0. The molecule has 1 aromatic rings. The molecule has 0 saturated carbocycles. The standard InChI is InChI=1S/C12H13NO3/c14-10-6-9-7-16-12(13(9)11(10)15)8-4-2-1-3-5-8/h1-5,9-10,12,14H,6-7H2/t9-,10-,12+/m0/s1. The SMILES string of the molecule is O=C1[C@@H](O)C[C@H]2CO[C@H](c3ccccc3)N12. The Balaban J connectivity index is 1.91. The third-order valence-electron chi connectivity index (χ3n) is 3.21. The number of fused-ring (bicyclic) bond motifs is 1. The number of aliphatic hydroxyl groups excluding tert-OH is 1. The van der Waals surface area contributed by atoms with Crippen LogP contribution in [-0.2, 0) is 9.53 Å². The summed E-state index contributed by atoms with van der Waals surface area (Å²) in [6.45, 7) is 0.516.